The summed E-state index contributed by atoms with van der Waals surface area (Å²) in [6, 6.07) is 16.9. The zero-order valence-corrected chi connectivity index (χ0v) is 24.3. The van der Waals surface area contributed by atoms with Crippen LogP contribution in [0.5, 0.6) is 17.2 Å². The molecule has 0 spiro atoms. The third kappa shape index (κ3) is 5.50. The Morgan fingerprint density at radius 1 is 1.00 bits per heavy atom. The summed E-state index contributed by atoms with van der Waals surface area (Å²) < 4.78 is 17.8. The van der Waals surface area contributed by atoms with Crippen molar-refractivity contribution < 1.29 is 28.9 Å². The number of anilines is 1. The second kappa shape index (κ2) is 12.0. The van der Waals surface area contributed by atoms with Gasteiger partial charge in [-0.25, -0.2) is 4.98 Å². The Bertz CT molecular complexity index is 1640. The van der Waals surface area contributed by atoms with Gasteiger partial charge in [0.25, 0.3) is 5.78 Å². The standard InChI is InChI=1S/C32H32N2O6S/c1-5-6-7-15-40-24-14-12-20(18-25(24)39-4)28-27(29(35)21-9-8-10-22(17-21)38-3)30(36)31(37)34(28)32-33-23-13-11-19(2)16-26(23)41-32/h8-14,16-18,28,35H,5-7,15H2,1-4H3/b29-27+. The summed E-state index contributed by atoms with van der Waals surface area (Å²) in [6.45, 7) is 4.66. The molecule has 1 amide bonds. The van der Waals surface area contributed by atoms with Crippen molar-refractivity contribution in [2.75, 3.05) is 25.7 Å². The van der Waals surface area contributed by atoms with Gasteiger partial charge in [-0.15, -0.1) is 0 Å². The number of nitrogens with zero attached hydrogens (tertiary/aromatic N) is 2. The molecule has 1 aromatic heterocycles. The van der Waals surface area contributed by atoms with Crippen molar-refractivity contribution in [1.82, 2.24) is 4.98 Å². The minimum atomic E-state index is -0.953. The van der Waals surface area contributed by atoms with Gasteiger partial charge in [0.15, 0.2) is 16.6 Å². The van der Waals surface area contributed by atoms with Crippen molar-refractivity contribution >= 4 is 44.1 Å². The molecule has 9 heteroatoms. The molecule has 5 rings (SSSR count). The highest BCUT2D eigenvalue weighted by Crippen LogP contribution is 2.46. The number of hydrogen-bond acceptors (Lipinski definition) is 8. The van der Waals surface area contributed by atoms with E-state index < -0.39 is 17.7 Å². The molecule has 3 aromatic carbocycles. The molecule has 1 unspecified atom stereocenters. The normalized spacial score (nSPS) is 16.4. The van der Waals surface area contributed by atoms with Gasteiger partial charge in [-0.05, 0) is 60.9 Å². The van der Waals surface area contributed by atoms with Crippen molar-refractivity contribution in [1.29, 1.82) is 0 Å². The first-order valence-electron chi connectivity index (χ1n) is 13.5. The number of fused-ring (bicyclic) bond motifs is 1. The fourth-order valence-corrected chi connectivity index (χ4v) is 5.99. The van der Waals surface area contributed by atoms with Gasteiger partial charge in [0, 0.05) is 5.56 Å². The van der Waals surface area contributed by atoms with E-state index in [1.165, 1.54) is 23.3 Å². The van der Waals surface area contributed by atoms with Crippen molar-refractivity contribution in [3.05, 3.63) is 82.9 Å². The van der Waals surface area contributed by atoms with E-state index in [1.54, 1.807) is 49.6 Å². The number of hydrogen-bond donors (Lipinski definition) is 1. The molecular formula is C32H32N2O6S. The van der Waals surface area contributed by atoms with Crippen LogP contribution in [0.2, 0.25) is 0 Å². The zero-order valence-electron chi connectivity index (χ0n) is 23.5. The summed E-state index contributed by atoms with van der Waals surface area (Å²) in [5, 5.41) is 11.9. The molecule has 212 valence electrons. The number of thiazole rings is 1. The molecule has 4 aromatic rings. The van der Waals surface area contributed by atoms with Crippen LogP contribution >= 0.6 is 11.3 Å². The average molecular weight is 573 g/mol. The summed E-state index contributed by atoms with van der Waals surface area (Å²) >= 11 is 1.32. The number of carbonyl (C=O) groups is 2. The average Bonchev–Trinajstić information content (AvgIpc) is 3.52. The number of amides is 1. The molecule has 1 saturated heterocycles. The molecule has 0 bridgehead atoms. The van der Waals surface area contributed by atoms with E-state index in [0.717, 1.165) is 35.0 Å². The number of carbonyl (C=O) groups excluding carboxylic acids is 2. The Kier molecular flexibility index (Phi) is 8.26. The van der Waals surface area contributed by atoms with Crippen molar-refractivity contribution in [3.63, 3.8) is 0 Å². The largest absolute Gasteiger partial charge is 0.507 e. The number of ether oxygens (including phenoxy) is 3. The number of aromatic nitrogens is 1. The maximum atomic E-state index is 13.6. The fraction of sp³-hybridized carbons (Fsp3) is 0.281. The van der Waals surface area contributed by atoms with Crippen molar-refractivity contribution in [3.8, 4) is 17.2 Å². The highest BCUT2D eigenvalue weighted by Gasteiger charge is 2.48. The predicted molar refractivity (Wildman–Crippen MR) is 160 cm³/mol. The van der Waals surface area contributed by atoms with E-state index in [1.807, 2.05) is 25.1 Å². The van der Waals surface area contributed by atoms with Gasteiger partial charge < -0.3 is 19.3 Å². The molecular weight excluding hydrogens is 540 g/mol. The topological polar surface area (TPSA) is 98.2 Å². The summed E-state index contributed by atoms with van der Waals surface area (Å²) in [5.41, 5.74) is 2.66. The summed E-state index contributed by atoms with van der Waals surface area (Å²) in [6.07, 6.45) is 3.05. The smallest absolute Gasteiger partial charge is 0.301 e. The highest BCUT2D eigenvalue weighted by atomic mass is 32.1. The predicted octanol–water partition coefficient (Wildman–Crippen LogP) is 6.82. The highest BCUT2D eigenvalue weighted by molar-refractivity contribution is 7.22. The number of ketones is 1. The molecule has 2 heterocycles. The third-order valence-corrected chi connectivity index (χ3v) is 8.05. The number of aryl methyl sites for hydroxylation is 1. The third-order valence-electron chi connectivity index (χ3n) is 7.04. The number of benzene rings is 3. The van der Waals surface area contributed by atoms with Gasteiger partial charge in [0.05, 0.1) is 42.7 Å². The number of unbranched alkanes of at least 4 members (excludes halogenated alkanes) is 2. The monoisotopic (exact) mass is 572 g/mol. The van der Waals surface area contributed by atoms with Gasteiger partial charge >= 0.3 is 5.91 Å². The number of Topliss-reactive ketones (excluding diaryl/α,β-unsaturated/α-hetero) is 1. The summed E-state index contributed by atoms with van der Waals surface area (Å²) in [4.78, 5) is 33.3. The van der Waals surface area contributed by atoms with Crippen molar-refractivity contribution in [2.45, 2.75) is 39.2 Å². The van der Waals surface area contributed by atoms with Gasteiger partial charge in [-0.3, -0.25) is 14.5 Å². The maximum Gasteiger partial charge on any atom is 0.301 e. The van der Waals surface area contributed by atoms with Crippen LogP contribution in [0.3, 0.4) is 0 Å². The second-order valence-electron chi connectivity index (χ2n) is 9.83. The maximum absolute atomic E-state index is 13.6. The second-order valence-corrected chi connectivity index (χ2v) is 10.8. The first-order valence-corrected chi connectivity index (χ1v) is 14.3. The minimum Gasteiger partial charge on any atom is -0.507 e. The lowest BCUT2D eigenvalue weighted by Gasteiger charge is -2.24. The zero-order chi connectivity index (χ0) is 29.1. The van der Waals surface area contributed by atoms with Crippen LogP contribution in [0.25, 0.3) is 16.0 Å². The Balaban J connectivity index is 1.66. The van der Waals surface area contributed by atoms with Crippen LogP contribution in [0.15, 0.2) is 66.2 Å². The first kappa shape index (κ1) is 28.2. The molecule has 1 atom stereocenters. The fourth-order valence-electron chi connectivity index (χ4n) is 4.90. The number of aliphatic hydroxyl groups excluding tert-OH is 1. The van der Waals surface area contributed by atoms with Gasteiger partial charge in [-0.2, -0.15) is 0 Å². The molecule has 8 nitrogen and oxygen atoms in total. The Labute approximate surface area is 242 Å². The van der Waals surface area contributed by atoms with Crippen LogP contribution in [0.1, 0.15) is 48.9 Å². The SMILES string of the molecule is CCCCCOc1ccc(C2/C(=C(\O)c3cccc(OC)c3)C(=O)C(=O)N2c2nc3ccc(C)cc3s2)cc1OC. The molecule has 1 fully saturated rings. The lowest BCUT2D eigenvalue weighted by atomic mass is 9.95. The van der Waals surface area contributed by atoms with Gasteiger partial charge in [-0.1, -0.05) is 55.4 Å². The Hall–Kier alpha value is -4.37. The summed E-state index contributed by atoms with van der Waals surface area (Å²) in [7, 11) is 3.06. The van der Waals surface area contributed by atoms with Crippen LogP contribution in [-0.2, 0) is 9.59 Å². The Morgan fingerprint density at radius 3 is 2.59 bits per heavy atom. The number of methoxy groups -OCH3 is 2. The number of aliphatic hydroxyl groups is 1. The lowest BCUT2D eigenvalue weighted by Crippen LogP contribution is -2.29. The van der Waals surface area contributed by atoms with Gasteiger partial charge in [0.1, 0.15) is 11.5 Å². The van der Waals surface area contributed by atoms with Crippen LogP contribution in [-0.4, -0.2) is 42.6 Å². The first-order chi connectivity index (χ1) is 19.9. The molecule has 41 heavy (non-hydrogen) atoms. The quantitative estimate of drug-likeness (QED) is 0.0964. The van der Waals surface area contributed by atoms with Crippen LogP contribution in [0, 0.1) is 6.92 Å². The van der Waals surface area contributed by atoms with Crippen LogP contribution < -0.4 is 19.1 Å². The van der Waals surface area contributed by atoms with Crippen molar-refractivity contribution in [2.24, 2.45) is 0 Å². The van der Waals surface area contributed by atoms with E-state index >= 15 is 0 Å². The molecule has 1 N–H and O–H groups in total. The Morgan fingerprint density at radius 2 is 1.83 bits per heavy atom. The molecule has 1 aliphatic rings. The minimum absolute atomic E-state index is 0.0441. The summed E-state index contributed by atoms with van der Waals surface area (Å²) in [5.74, 6) is -0.338. The molecule has 0 radical (unpaired) electrons. The van der Waals surface area contributed by atoms with E-state index in [-0.39, 0.29) is 11.3 Å². The van der Waals surface area contributed by atoms with Crippen LogP contribution in [0.4, 0.5) is 5.13 Å². The molecule has 1 aliphatic heterocycles. The van der Waals surface area contributed by atoms with E-state index in [9.17, 15) is 14.7 Å². The lowest BCUT2D eigenvalue weighted by molar-refractivity contribution is -0.132. The van der Waals surface area contributed by atoms with Gasteiger partial charge in [0.2, 0.25) is 0 Å². The molecule has 0 saturated carbocycles. The molecule has 0 aliphatic carbocycles. The van der Waals surface area contributed by atoms with E-state index in [4.69, 9.17) is 19.2 Å². The van der Waals surface area contributed by atoms with E-state index in [0.29, 0.717) is 40.1 Å². The van der Waals surface area contributed by atoms with E-state index in [2.05, 4.69) is 6.92 Å². The number of rotatable bonds is 10.